The van der Waals surface area contributed by atoms with Gasteiger partial charge >= 0.3 is 0 Å². The maximum Gasteiger partial charge on any atom is 0.233 e. The summed E-state index contributed by atoms with van der Waals surface area (Å²) in [6.07, 6.45) is 5.31. The number of thiophene rings is 1. The summed E-state index contributed by atoms with van der Waals surface area (Å²) in [5, 5.41) is 1.05. The maximum atomic E-state index is 14.0. The van der Waals surface area contributed by atoms with E-state index in [9.17, 15) is 13.9 Å². The largest absolute Gasteiger partial charge is 0.472 e. The van der Waals surface area contributed by atoms with Crippen LogP contribution in [0.3, 0.4) is 0 Å². The number of aromatic nitrogens is 1. The van der Waals surface area contributed by atoms with Crippen LogP contribution in [0.15, 0.2) is 24.3 Å². The highest BCUT2D eigenvalue weighted by molar-refractivity contribution is 8.24. The molecule has 1 aromatic carbocycles. The zero-order valence-corrected chi connectivity index (χ0v) is 28.4. The van der Waals surface area contributed by atoms with Gasteiger partial charge in [-0.25, -0.2) is 0 Å². The first-order valence-corrected chi connectivity index (χ1v) is 19.1. The number of carbonyl (C=O) groups excluding carboxylic acids is 1. The number of carbonyl (C=O) groups is 1. The summed E-state index contributed by atoms with van der Waals surface area (Å²) >= 11 is 1.69. The fraction of sp³-hybridized carbons (Fsp3) is 0.618. The molecule has 2 atom stereocenters. The summed E-state index contributed by atoms with van der Waals surface area (Å²) in [6.45, 7) is 14.1. The number of hydrogen-bond acceptors (Lipinski definition) is 7. The Labute approximate surface area is 267 Å². The first kappa shape index (κ1) is 30.6. The monoisotopic (exact) mass is 640 g/mol. The molecule has 2 aromatic heterocycles. The summed E-state index contributed by atoms with van der Waals surface area (Å²) in [7, 11) is -2.39. The molecule has 4 fully saturated rings. The van der Waals surface area contributed by atoms with Crippen LogP contribution in [-0.2, 0) is 10.2 Å². The Balaban J connectivity index is 1.16. The smallest absolute Gasteiger partial charge is 0.233 e. The fourth-order valence-corrected chi connectivity index (χ4v) is 11.1. The lowest BCUT2D eigenvalue weighted by Crippen LogP contribution is -2.53. The summed E-state index contributed by atoms with van der Waals surface area (Å²) in [5.41, 5.74) is 3.93. The molecule has 4 aliphatic heterocycles. The summed E-state index contributed by atoms with van der Waals surface area (Å²) < 4.78 is 27.2. The van der Waals surface area contributed by atoms with Gasteiger partial charge in [0.15, 0.2) is 5.75 Å². The van der Waals surface area contributed by atoms with Crippen molar-refractivity contribution in [3.8, 4) is 17.0 Å². The van der Waals surface area contributed by atoms with Crippen molar-refractivity contribution in [1.29, 1.82) is 0 Å². The standard InChI is InChI=1S/C34H48N4O4S2/c1-21-16-22(2)18-24(17-21)30-31(42-23(3)36-11-13-37(14-12-36)27-10-15-44(40,41)20-27)28-19-29(43-32(28)35-30)34(4,5)33(39)38-25-6-7-26(38)9-8-25/h16-19,23,25-27,35,40-41H,6-15,20H2,1-5H3. The van der Waals surface area contributed by atoms with Crippen molar-refractivity contribution < 1.29 is 18.6 Å². The zero-order chi connectivity index (χ0) is 31.0. The third kappa shape index (κ3) is 5.49. The molecule has 10 heteroatoms. The van der Waals surface area contributed by atoms with E-state index in [-0.39, 0.29) is 18.2 Å². The third-order valence-electron chi connectivity index (χ3n) is 10.7. The van der Waals surface area contributed by atoms with Crippen molar-refractivity contribution >= 4 is 38.1 Å². The van der Waals surface area contributed by atoms with Crippen molar-refractivity contribution in [1.82, 2.24) is 19.7 Å². The Morgan fingerprint density at radius 3 is 2.20 bits per heavy atom. The fourth-order valence-electron chi connectivity index (χ4n) is 8.18. The van der Waals surface area contributed by atoms with Gasteiger partial charge in [-0.05, 0) is 84.9 Å². The van der Waals surface area contributed by atoms with Crippen LogP contribution in [0.4, 0.5) is 0 Å². The molecule has 0 aliphatic carbocycles. The van der Waals surface area contributed by atoms with E-state index in [4.69, 9.17) is 4.74 Å². The van der Waals surface area contributed by atoms with Crippen molar-refractivity contribution in [2.24, 2.45) is 0 Å². The SMILES string of the molecule is Cc1cc(C)cc(-c2[nH]c3sc(C(C)(C)C(=O)N4C5CCC4CC5)cc3c2OC(C)N2CCN(C3CCS(O)(O)C3)CC2)c1. The minimum absolute atomic E-state index is 0.136. The van der Waals surface area contributed by atoms with Crippen molar-refractivity contribution in [2.45, 2.75) is 96.5 Å². The van der Waals surface area contributed by atoms with Crippen LogP contribution >= 0.6 is 21.9 Å². The lowest BCUT2D eigenvalue weighted by molar-refractivity contribution is -0.137. The van der Waals surface area contributed by atoms with Gasteiger partial charge in [-0.2, -0.15) is 10.6 Å². The highest BCUT2D eigenvalue weighted by Gasteiger charge is 2.47. The van der Waals surface area contributed by atoms with Crippen LogP contribution in [0.25, 0.3) is 21.5 Å². The van der Waals surface area contributed by atoms with Gasteiger partial charge in [0.2, 0.25) is 5.91 Å². The second-order valence-electron chi connectivity index (χ2n) is 14.3. The van der Waals surface area contributed by atoms with Gasteiger partial charge in [0.1, 0.15) is 11.1 Å². The zero-order valence-electron chi connectivity index (χ0n) is 26.8. The minimum atomic E-state index is -2.39. The maximum absolute atomic E-state index is 14.0. The van der Waals surface area contributed by atoms with Crippen LogP contribution in [0, 0.1) is 13.8 Å². The molecule has 0 spiro atoms. The van der Waals surface area contributed by atoms with E-state index >= 15 is 0 Å². The molecular weight excluding hydrogens is 593 g/mol. The average Bonchev–Trinajstić information content (AvgIpc) is 3.80. The van der Waals surface area contributed by atoms with E-state index in [1.165, 1.54) is 11.1 Å². The Bertz CT molecular complexity index is 1520. The molecule has 3 N–H and O–H groups in total. The van der Waals surface area contributed by atoms with Crippen LogP contribution in [0.5, 0.6) is 5.75 Å². The lowest BCUT2D eigenvalue weighted by Gasteiger charge is -2.40. The topological polar surface area (TPSA) is 92.3 Å². The molecule has 2 unspecified atom stereocenters. The van der Waals surface area contributed by atoms with Gasteiger partial charge in [-0.15, -0.1) is 11.3 Å². The molecule has 0 saturated carbocycles. The molecule has 4 aliphatic rings. The number of amides is 1. The van der Waals surface area contributed by atoms with Gasteiger partial charge in [-0.3, -0.25) is 23.7 Å². The molecule has 6 heterocycles. The van der Waals surface area contributed by atoms with Gasteiger partial charge < -0.3 is 14.6 Å². The summed E-state index contributed by atoms with van der Waals surface area (Å²) in [6, 6.07) is 9.92. The average molecular weight is 641 g/mol. The Kier molecular flexibility index (Phi) is 7.86. The van der Waals surface area contributed by atoms with Crippen LogP contribution in [0.1, 0.15) is 68.9 Å². The first-order chi connectivity index (χ1) is 20.9. The number of rotatable bonds is 7. The molecular formula is C34H48N4O4S2. The molecule has 1 amide bonds. The van der Waals surface area contributed by atoms with Gasteiger partial charge in [0.05, 0.1) is 22.2 Å². The number of piperazine rings is 1. The quantitative estimate of drug-likeness (QED) is 0.263. The van der Waals surface area contributed by atoms with Gasteiger partial charge in [-0.1, -0.05) is 17.2 Å². The van der Waals surface area contributed by atoms with E-state index in [1.807, 2.05) is 0 Å². The molecule has 8 nitrogen and oxygen atoms in total. The number of hydrogen-bond donors (Lipinski definition) is 3. The number of nitrogens with one attached hydrogen (secondary N) is 1. The first-order valence-electron chi connectivity index (χ1n) is 16.4. The Morgan fingerprint density at radius 1 is 0.977 bits per heavy atom. The van der Waals surface area contributed by atoms with Crippen molar-refractivity contribution in [3.05, 3.63) is 40.3 Å². The minimum Gasteiger partial charge on any atom is -0.472 e. The summed E-state index contributed by atoms with van der Waals surface area (Å²) in [5.74, 6) is 2.17. The molecule has 3 aromatic rings. The van der Waals surface area contributed by atoms with Gasteiger partial charge in [0.25, 0.3) is 0 Å². The second-order valence-corrected chi connectivity index (χ2v) is 17.7. The Morgan fingerprint density at radius 2 is 1.61 bits per heavy atom. The second kappa shape index (κ2) is 11.3. The van der Waals surface area contributed by atoms with Crippen molar-refractivity contribution in [2.75, 3.05) is 37.7 Å². The van der Waals surface area contributed by atoms with E-state index in [1.54, 1.807) is 11.3 Å². The highest BCUT2D eigenvalue weighted by atomic mass is 32.3. The van der Waals surface area contributed by atoms with E-state index in [0.29, 0.717) is 23.6 Å². The molecule has 4 saturated heterocycles. The van der Waals surface area contributed by atoms with Crippen LogP contribution in [-0.4, -0.2) is 96.7 Å². The van der Waals surface area contributed by atoms with Crippen LogP contribution in [0.2, 0.25) is 0 Å². The normalized spacial score (nSPS) is 27.3. The predicted octanol–water partition coefficient (Wildman–Crippen LogP) is 6.81. The van der Waals surface area contributed by atoms with E-state index < -0.39 is 16.0 Å². The molecule has 2 bridgehead atoms. The van der Waals surface area contributed by atoms with Crippen molar-refractivity contribution in [3.63, 3.8) is 0 Å². The predicted molar refractivity (Wildman–Crippen MR) is 181 cm³/mol. The van der Waals surface area contributed by atoms with Crippen LogP contribution < -0.4 is 4.74 Å². The molecule has 240 valence electrons. The molecule has 7 rings (SSSR count). The van der Waals surface area contributed by atoms with Gasteiger partial charge in [0, 0.05) is 60.5 Å². The number of fused-ring (bicyclic) bond motifs is 3. The third-order valence-corrected chi connectivity index (χ3v) is 13.9. The van der Waals surface area contributed by atoms with E-state index in [0.717, 1.165) is 90.4 Å². The lowest BCUT2D eigenvalue weighted by atomic mass is 9.89. The number of aromatic amines is 1. The van der Waals surface area contributed by atoms with E-state index in [2.05, 4.69) is 78.6 Å². The number of aryl methyl sites for hydroxylation is 2. The number of benzene rings is 1. The number of ether oxygens (including phenoxy) is 1. The summed E-state index contributed by atoms with van der Waals surface area (Å²) in [4.78, 5) is 26.8. The number of nitrogens with zero attached hydrogens (tertiary/aromatic N) is 3. The highest BCUT2D eigenvalue weighted by Crippen LogP contribution is 2.48. The molecule has 44 heavy (non-hydrogen) atoms. The number of H-pyrrole nitrogens is 1. The molecule has 0 radical (unpaired) electrons. The Hall–Kier alpha value is -2.08.